The highest BCUT2D eigenvalue weighted by molar-refractivity contribution is 5.57. The van der Waals surface area contributed by atoms with Crippen molar-refractivity contribution in [1.82, 2.24) is 9.97 Å². The van der Waals surface area contributed by atoms with Crippen LogP contribution in [0.1, 0.15) is 0 Å². The van der Waals surface area contributed by atoms with Crippen molar-refractivity contribution in [3.8, 4) is 17.1 Å². The molecule has 0 spiro atoms. The number of anilines is 1. The van der Waals surface area contributed by atoms with E-state index in [0.29, 0.717) is 17.2 Å². The maximum absolute atomic E-state index is 13.4. The zero-order valence-corrected chi connectivity index (χ0v) is 8.64. The van der Waals surface area contributed by atoms with Crippen LogP contribution in [0.2, 0.25) is 0 Å². The lowest BCUT2D eigenvalue weighted by atomic mass is 10.2. The molecule has 1 heterocycles. The van der Waals surface area contributed by atoms with Crippen molar-refractivity contribution in [1.29, 1.82) is 0 Å². The lowest BCUT2D eigenvalue weighted by Gasteiger charge is -2.04. The Hall–Kier alpha value is -2.17. The molecule has 16 heavy (non-hydrogen) atoms. The Bertz CT molecular complexity index is 516. The smallest absolute Gasteiger partial charge is 0.165 e. The highest BCUT2D eigenvalue weighted by atomic mass is 19.1. The van der Waals surface area contributed by atoms with Gasteiger partial charge in [0.1, 0.15) is 5.82 Å². The molecule has 0 atom stereocenters. The van der Waals surface area contributed by atoms with Gasteiger partial charge in [0, 0.05) is 11.8 Å². The number of hydrogen-bond acceptors (Lipinski definition) is 4. The Morgan fingerprint density at radius 1 is 1.31 bits per heavy atom. The van der Waals surface area contributed by atoms with E-state index in [9.17, 15) is 4.39 Å². The minimum absolute atomic E-state index is 0.188. The number of nitrogen functional groups attached to an aromatic ring is 1. The molecule has 2 N–H and O–H groups in total. The molecular weight excluding hydrogens is 209 g/mol. The monoisotopic (exact) mass is 219 g/mol. The number of benzene rings is 1. The first kappa shape index (κ1) is 10.4. The van der Waals surface area contributed by atoms with E-state index in [1.54, 1.807) is 12.1 Å². The van der Waals surface area contributed by atoms with Crippen molar-refractivity contribution >= 4 is 5.82 Å². The molecule has 0 amide bonds. The lowest BCUT2D eigenvalue weighted by Crippen LogP contribution is -1.95. The van der Waals surface area contributed by atoms with Gasteiger partial charge in [-0.2, -0.15) is 0 Å². The van der Waals surface area contributed by atoms with Gasteiger partial charge in [0.15, 0.2) is 17.4 Å². The molecule has 2 rings (SSSR count). The molecule has 5 heteroatoms. The average Bonchev–Trinajstić information content (AvgIpc) is 2.29. The highest BCUT2D eigenvalue weighted by Gasteiger charge is 2.07. The van der Waals surface area contributed by atoms with E-state index in [0.717, 1.165) is 0 Å². The first-order chi connectivity index (χ1) is 7.70. The Morgan fingerprint density at radius 3 is 2.75 bits per heavy atom. The molecule has 0 aliphatic rings. The topological polar surface area (TPSA) is 61.0 Å². The third-order valence-corrected chi connectivity index (χ3v) is 2.09. The van der Waals surface area contributed by atoms with Crippen LogP contribution in [0.3, 0.4) is 0 Å². The van der Waals surface area contributed by atoms with Crippen molar-refractivity contribution in [3.63, 3.8) is 0 Å². The van der Waals surface area contributed by atoms with Gasteiger partial charge in [0.2, 0.25) is 0 Å². The van der Waals surface area contributed by atoms with E-state index >= 15 is 0 Å². The zero-order chi connectivity index (χ0) is 11.5. The number of halogens is 1. The second kappa shape index (κ2) is 4.14. The van der Waals surface area contributed by atoms with E-state index in [4.69, 9.17) is 10.5 Å². The number of hydrogen-bond donors (Lipinski definition) is 1. The molecule has 0 aliphatic heterocycles. The standard InChI is InChI=1S/C11H10FN3O/c1-16-9-3-2-7(6-8(9)12)11-14-5-4-10(13)15-11/h2-6H,1H3,(H2,13,14,15). The predicted molar refractivity (Wildman–Crippen MR) is 58.4 cm³/mol. The Balaban J connectivity index is 2.45. The van der Waals surface area contributed by atoms with Crippen LogP contribution >= 0.6 is 0 Å². The van der Waals surface area contributed by atoms with Gasteiger partial charge in [-0.05, 0) is 24.3 Å². The molecule has 0 saturated carbocycles. The SMILES string of the molecule is COc1ccc(-c2nccc(N)n2)cc1F. The summed E-state index contributed by atoms with van der Waals surface area (Å²) in [7, 11) is 1.41. The number of nitrogens with two attached hydrogens (primary N) is 1. The van der Waals surface area contributed by atoms with Crippen molar-refractivity contribution in [2.45, 2.75) is 0 Å². The lowest BCUT2D eigenvalue weighted by molar-refractivity contribution is 0.386. The van der Waals surface area contributed by atoms with Gasteiger partial charge >= 0.3 is 0 Å². The van der Waals surface area contributed by atoms with Gasteiger partial charge in [0.25, 0.3) is 0 Å². The maximum Gasteiger partial charge on any atom is 0.165 e. The van der Waals surface area contributed by atoms with Crippen molar-refractivity contribution in [2.24, 2.45) is 0 Å². The summed E-state index contributed by atoms with van der Waals surface area (Å²) in [5.74, 6) is 0.474. The third-order valence-electron chi connectivity index (χ3n) is 2.09. The molecule has 82 valence electrons. The van der Waals surface area contributed by atoms with E-state index in [1.807, 2.05) is 0 Å². The molecule has 4 nitrogen and oxygen atoms in total. The van der Waals surface area contributed by atoms with Crippen LogP contribution in [0.15, 0.2) is 30.5 Å². The fourth-order valence-electron chi connectivity index (χ4n) is 1.32. The summed E-state index contributed by atoms with van der Waals surface area (Å²) >= 11 is 0. The molecule has 1 aromatic heterocycles. The minimum Gasteiger partial charge on any atom is -0.494 e. The summed E-state index contributed by atoms with van der Waals surface area (Å²) in [5, 5.41) is 0. The van der Waals surface area contributed by atoms with Gasteiger partial charge in [0.05, 0.1) is 7.11 Å². The molecule has 0 aliphatic carbocycles. The molecular formula is C11H10FN3O. The largest absolute Gasteiger partial charge is 0.494 e. The summed E-state index contributed by atoms with van der Waals surface area (Å²) < 4.78 is 18.2. The highest BCUT2D eigenvalue weighted by Crippen LogP contribution is 2.23. The number of aromatic nitrogens is 2. The van der Waals surface area contributed by atoms with Crippen LogP contribution in [-0.2, 0) is 0 Å². The number of nitrogens with zero attached hydrogens (tertiary/aromatic N) is 2. The van der Waals surface area contributed by atoms with Gasteiger partial charge in [-0.25, -0.2) is 14.4 Å². The second-order valence-corrected chi connectivity index (χ2v) is 3.15. The fourth-order valence-corrected chi connectivity index (χ4v) is 1.32. The van der Waals surface area contributed by atoms with E-state index < -0.39 is 5.82 Å². The summed E-state index contributed by atoms with van der Waals surface area (Å²) in [6.07, 6.45) is 1.53. The summed E-state index contributed by atoms with van der Waals surface area (Å²) in [6.45, 7) is 0. The Morgan fingerprint density at radius 2 is 2.12 bits per heavy atom. The average molecular weight is 219 g/mol. The first-order valence-electron chi connectivity index (χ1n) is 4.63. The van der Waals surface area contributed by atoms with Crippen LogP contribution < -0.4 is 10.5 Å². The van der Waals surface area contributed by atoms with Crippen molar-refractivity contribution in [2.75, 3.05) is 12.8 Å². The summed E-state index contributed by atoms with van der Waals surface area (Å²) in [5.41, 5.74) is 6.08. The maximum atomic E-state index is 13.4. The summed E-state index contributed by atoms with van der Waals surface area (Å²) in [4.78, 5) is 8.01. The normalized spacial score (nSPS) is 10.1. The van der Waals surface area contributed by atoms with E-state index in [1.165, 1.54) is 25.4 Å². The Kier molecular flexibility index (Phi) is 2.68. The fraction of sp³-hybridized carbons (Fsp3) is 0.0909. The van der Waals surface area contributed by atoms with E-state index in [2.05, 4.69) is 9.97 Å². The van der Waals surface area contributed by atoms with Crippen LogP contribution in [-0.4, -0.2) is 17.1 Å². The predicted octanol–water partition coefficient (Wildman–Crippen LogP) is 1.87. The van der Waals surface area contributed by atoms with Crippen molar-refractivity contribution < 1.29 is 9.13 Å². The van der Waals surface area contributed by atoms with E-state index in [-0.39, 0.29) is 5.75 Å². The minimum atomic E-state index is -0.453. The summed E-state index contributed by atoms with van der Waals surface area (Å²) in [6, 6.07) is 6.09. The van der Waals surface area contributed by atoms with Crippen molar-refractivity contribution in [3.05, 3.63) is 36.3 Å². The van der Waals surface area contributed by atoms with Crippen LogP contribution in [0.25, 0.3) is 11.4 Å². The van der Waals surface area contributed by atoms with Crippen LogP contribution in [0.4, 0.5) is 10.2 Å². The first-order valence-corrected chi connectivity index (χ1v) is 4.63. The molecule has 0 saturated heterocycles. The molecule has 0 fully saturated rings. The van der Waals surface area contributed by atoms with Gasteiger partial charge in [-0.15, -0.1) is 0 Å². The van der Waals surface area contributed by atoms with Crippen LogP contribution in [0.5, 0.6) is 5.75 Å². The molecule has 0 radical (unpaired) electrons. The number of ether oxygens (including phenoxy) is 1. The molecule has 0 bridgehead atoms. The Labute approximate surface area is 91.9 Å². The second-order valence-electron chi connectivity index (χ2n) is 3.15. The van der Waals surface area contributed by atoms with Gasteiger partial charge in [-0.1, -0.05) is 0 Å². The van der Waals surface area contributed by atoms with Crippen LogP contribution in [0, 0.1) is 5.82 Å². The number of rotatable bonds is 2. The quantitative estimate of drug-likeness (QED) is 0.837. The number of methoxy groups -OCH3 is 1. The van der Waals surface area contributed by atoms with Gasteiger partial charge in [-0.3, -0.25) is 0 Å². The molecule has 2 aromatic rings. The molecule has 0 unspecified atom stereocenters. The zero-order valence-electron chi connectivity index (χ0n) is 8.64. The molecule has 1 aromatic carbocycles. The third kappa shape index (κ3) is 1.93. The van der Waals surface area contributed by atoms with Gasteiger partial charge < -0.3 is 10.5 Å².